The molecule has 7 nitrogen and oxygen atoms in total. The molecule has 0 aromatic heterocycles. The van der Waals surface area contributed by atoms with Crippen molar-refractivity contribution in [3.8, 4) is 0 Å². The molecule has 0 saturated heterocycles. The fraction of sp³-hybridized carbons (Fsp3) is 0.516. The van der Waals surface area contributed by atoms with E-state index in [9.17, 15) is 14.4 Å². The van der Waals surface area contributed by atoms with Gasteiger partial charge in [-0.25, -0.2) is 4.79 Å². The zero-order valence-corrected chi connectivity index (χ0v) is 24.3. The summed E-state index contributed by atoms with van der Waals surface area (Å²) in [5, 5.41) is 5.62. The van der Waals surface area contributed by atoms with Crippen LogP contribution in [0.3, 0.4) is 0 Å². The number of hydrogen-bond donors (Lipinski definition) is 2. The lowest BCUT2D eigenvalue weighted by Gasteiger charge is -2.37. The Kier molecular flexibility index (Phi) is 11.4. The summed E-state index contributed by atoms with van der Waals surface area (Å²) >= 11 is 0. The molecule has 7 heteroatoms. The average Bonchev–Trinajstić information content (AvgIpc) is 2.81. The summed E-state index contributed by atoms with van der Waals surface area (Å²) in [5.41, 5.74) is 3.05. The SMILES string of the molecule is Cc1cc(C)cc(C(C(=O)NCc2ccccc2)N(C(=O)CNC(=O)OC(C)(C)C)C(C)CCC(C)C)c1. The van der Waals surface area contributed by atoms with Crippen LogP contribution in [0.4, 0.5) is 4.79 Å². The van der Waals surface area contributed by atoms with Gasteiger partial charge in [-0.15, -0.1) is 0 Å². The van der Waals surface area contributed by atoms with Crippen LogP contribution in [0.25, 0.3) is 0 Å². The predicted molar refractivity (Wildman–Crippen MR) is 152 cm³/mol. The number of amides is 3. The number of benzene rings is 2. The van der Waals surface area contributed by atoms with Crippen LogP contribution in [0.2, 0.25) is 0 Å². The largest absolute Gasteiger partial charge is 0.444 e. The highest BCUT2D eigenvalue weighted by Gasteiger charge is 2.35. The number of nitrogens with one attached hydrogen (secondary N) is 2. The first-order chi connectivity index (χ1) is 17.8. The second kappa shape index (κ2) is 14.0. The number of carbonyl (C=O) groups excluding carboxylic acids is 3. The molecule has 2 unspecified atom stereocenters. The predicted octanol–water partition coefficient (Wildman–Crippen LogP) is 5.84. The molecule has 0 heterocycles. The molecule has 2 N–H and O–H groups in total. The third-order valence-electron chi connectivity index (χ3n) is 6.10. The van der Waals surface area contributed by atoms with Crippen molar-refractivity contribution in [3.63, 3.8) is 0 Å². The second-order valence-corrected chi connectivity index (χ2v) is 11.5. The molecule has 208 valence electrons. The minimum absolute atomic E-state index is 0.237. The molecular formula is C31H45N3O4. The van der Waals surface area contributed by atoms with Crippen molar-refractivity contribution in [2.75, 3.05) is 6.54 Å². The molecule has 0 aliphatic carbocycles. The molecule has 2 aromatic carbocycles. The van der Waals surface area contributed by atoms with Gasteiger partial charge in [-0.3, -0.25) is 9.59 Å². The summed E-state index contributed by atoms with van der Waals surface area (Å²) in [5.74, 6) is -0.159. The number of hydrogen-bond acceptors (Lipinski definition) is 4. The average molecular weight is 524 g/mol. The van der Waals surface area contributed by atoms with Gasteiger partial charge in [-0.2, -0.15) is 0 Å². The summed E-state index contributed by atoms with van der Waals surface area (Å²) in [4.78, 5) is 41.5. The Balaban J connectivity index is 2.43. The zero-order valence-electron chi connectivity index (χ0n) is 24.3. The molecule has 0 spiro atoms. The van der Waals surface area contributed by atoms with Crippen LogP contribution in [0.5, 0.6) is 0 Å². The van der Waals surface area contributed by atoms with E-state index in [-0.39, 0.29) is 24.4 Å². The zero-order chi connectivity index (χ0) is 28.5. The van der Waals surface area contributed by atoms with Gasteiger partial charge < -0.3 is 20.3 Å². The molecule has 0 bridgehead atoms. The Labute approximate surface area is 228 Å². The van der Waals surface area contributed by atoms with E-state index in [1.165, 1.54) is 0 Å². The van der Waals surface area contributed by atoms with E-state index in [1.54, 1.807) is 25.7 Å². The highest BCUT2D eigenvalue weighted by atomic mass is 16.6. The van der Waals surface area contributed by atoms with Crippen molar-refractivity contribution in [1.82, 2.24) is 15.5 Å². The van der Waals surface area contributed by atoms with Gasteiger partial charge in [0.15, 0.2) is 0 Å². The Hall–Kier alpha value is -3.35. The normalized spacial score (nSPS) is 13.0. The smallest absolute Gasteiger partial charge is 0.408 e. The third-order valence-corrected chi connectivity index (χ3v) is 6.10. The van der Waals surface area contributed by atoms with Gasteiger partial charge in [-0.1, -0.05) is 73.5 Å². The molecule has 0 aliphatic rings. The van der Waals surface area contributed by atoms with Gasteiger partial charge in [0, 0.05) is 12.6 Å². The van der Waals surface area contributed by atoms with E-state index >= 15 is 0 Å². The molecule has 0 radical (unpaired) electrons. The Morgan fingerprint density at radius 3 is 2.05 bits per heavy atom. The van der Waals surface area contributed by atoms with E-state index in [4.69, 9.17) is 4.74 Å². The Morgan fingerprint density at radius 2 is 1.50 bits per heavy atom. The van der Waals surface area contributed by atoms with E-state index in [2.05, 4.69) is 24.5 Å². The molecule has 3 amide bonds. The molecule has 0 saturated carbocycles. The van der Waals surface area contributed by atoms with Crippen LogP contribution >= 0.6 is 0 Å². The van der Waals surface area contributed by atoms with Crippen LogP contribution in [0.15, 0.2) is 48.5 Å². The second-order valence-electron chi connectivity index (χ2n) is 11.5. The Bertz CT molecular complexity index is 1060. The lowest BCUT2D eigenvalue weighted by molar-refractivity contribution is -0.143. The van der Waals surface area contributed by atoms with Gasteiger partial charge in [0.2, 0.25) is 11.8 Å². The first-order valence-electron chi connectivity index (χ1n) is 13.4. The molecule has 38 heavy (non-hydrogen) atoms. The molecule has 0 aliphatic heterocycles. The third kappa shape index (κ3) is 10.2. The van der Waals surface area contributed by atoms with Crippen molar-refractivity contribution in [2.24, 2.45) is 5.92 Å². The quantitative estimate of drug-likeness (QED) is 0.387. The fourth-order valence-electron chi connectivity index (χ4n) is 4.40. The number of nitrogens with zero attached hydrogens (tertiary/aromatic N) is 1. The maximum atomic E-state index is 13.8. The summed E-state index contributed by atoms with van der Waals surface area (Å²) in [6.07, 6.45) is 0.954. The van der Waals surface area contributed by atoms with Crippen molar-refractivity contribution in [3.05, 3.63) is 70.8 Å². The molecule has 0 fully saturated rings. The fourth-order valence-corrected chi connectivity index (χ4v) is 4.40. The van der Waals surface area contributed by atoms with E-state index in [0.717, 1.165) is 35.1 Å². The minimum Gasteiger partial charge on any atom is -0.444 e. The highest BCUT2D eigenvalue weighted by molar-refractivity contribution is 5.90. The van der Waals surface area contributed by atoms with Crippen LogP contribution < -0.4 is 10.6 Å². The highest BCUT2D eigenvalue weighted by Crippen LogP contribution is 2.28. The van der Waals surface area contributed by atoms with Crippen LogP contribution in [0.1, 0.15) is 82.7 Å². The number of carbonyl (C=O) groups is 3. The number of alkyl carbamates (subject to hydrolysis) is 1. The first kappa shape index (κ1) is 30.9. The van der Waals surface area contributed by atoms with Crippen LogP contribution in [-0.2, 0) is 20.9 Å². The van der Waals surface area contributed by atoms with E-state index in [1.807, 2.05) is 69.3 Å². The van der Waals surface area contributed by atoms with Crippen LogP contribution in [-0.4, -0.2) is 41.0 Å². The van der Waals surface area contributed by atoms with E-state index < -0.39 is 17.7 Å². The number of aryl methyl sites for hydroxylation is 2. The lowest BCUT2D eigenvalue weighted by Crippen LogP contribution is -2.51. The van der Waals surface area contributed by atoms with Gasteiger partial charge in [0.1, 0.15) is 18.2 Å². The number of rotatable bonds is 11. The standard InChI is InChI=1S/C31H45N3O4/c1-21(2)14-15-24(5)34(27(35)20-33-30(37)38-31(6,7)8)28(26-17-22(3)16-23(4)18-26)29(36)32-19-25-12-10-9-11-13-25/h9-13,16-18,21,24,28H,14-15,19-20H2,1-8H3,(H,32,36)(H,33,37). The summed E-state index contributed by atoms with van der Waals surface area (Å²) in [7, 11) is 0. The van der Waals surface area contributed by atoms with Gasteiger partial charge in [0.25, 0.3) is 0 Å². The first-order valence-corrected chi connectivity index (χ1v) is 13.4. The summed E-state index contributed by atoms with van der Waals surface area (Å²) in [6, 6.07) is 14.5. The van der Waals surface area contributed by atoms with Gasteiger partial charge >= 0.3 is 6.09 Å². The van der Waals surface area contributed by atoms with Gasteiger partial charge in [0.05, 0.1) is 0 Å². The lowest BCUT2D eigenvalue weighted by atomic mass is 9.96. The van der Waals surface area contributed by atoms with Crippen LogP contribution in [0, 0.1) is 19.8 Å². The topological polar surface area (TPSA) is 87.7 Å². The van der Waals surface area contributed by atoms with Crippen molar-refractivity contribution in [1.29, 1.82) is 0 Å². The maximum absolute atomic E-state index is 13.8. The maximum Gasteiger partial charge on any atom is 0.408 e. The minimum atomic E-state index is -0.854. The monoisotopic (exact) mass is 523 g/mol. The van der Waals surface area contributed by atoms with E-state index in [0.29, 0.717) is 12.5 Å². The molecule has 2 aromatic rings. The molecule has 2 atom stereocenters. The molecule has 2 rings (SSSR count). The molecular weight excluding hydrogens is 478 g/mol. The van der Waals surface area contributed by atoms with Crippen molar-refractivity contribution < 1.29 is 19.1 Å². The van der Waals surface area contributed by atoms with Crippen molar-refractivity contribution >= 4 is 17.9 Å². The van der Waals surface area contributed by atoms with Crippen molar-refractivity contribution in [2.45, 2.75) is 92.5 Å². The number of ether oxygens (including phenoxy) is 1. The Morgan fingerprint density at radius 1 is 0.895 bits per heavy atom. The van der Waals surface area contributed by atoms with Gasteiger partial charge in [-0.05, 0) is 71.4 Å². The summed E-state index contributed by atoms with van der Waals surface area (Å²) in [6.45, 7) is 15.6. The summed E-state index contributed by atoms with van der Waals surface area (Å²) < 4.78 is 5.32.